The number of imidazole rings is 1. The summed E-state index contributed by atoms with van der Waals surface area (Å²) in [6.45, 7) is 0. The Morgan fingerprint density at radius 2 is 1.79 bits per heavy atom. The number of nitrogens with one attached hydrogen (secondary N) is 1. The summed E-state index contributed by atoms with van der Waals surface area (Å²) >= 11 is 2.19. The van der Waals surface area contributed by atoms with Crippen LogP contribution in [0.3, 0.4) is 0 Å². The number of aromatic nitrogens is 3. The molecule has 0 saturated heterocycles. The van der Waals surface area contributed by atoms with Crippen molar-refractivity contribution >= 4 is 39.7 Å². The summed E-state index contributed by atoms with van der Waals surface area (Å²) < 4.78 is 1.06. The average Bonchev–Trinajstić information content (AvgIpc) is 3.06. The molecule has 116 valence electrons. The van der Waals surface area contributed by atoms with Gasteiger partial charge in [0.05, 0.1) is 0 Å². The van der Waals surface area contributed by atoms with E-state index < -0.39 is 0 Å². The van der Waals surface area contributed by atoms with Gasteiger partial charge in [-0.15, -0.1) is 0 Å². The van der Waals surface area contributed by atoms with Gasteiger partial charge in [-0.3, -0.25) is 14.6 Å². The minimum absolute atomic E-state index is 0.148. The molecule has 1 aliphatic carbocycles. The molecule has 0 spiro atoms. The predicted octanol–water partition coefficient (Wildman–Crippen LogP) is 3.54. The molecule has 0 unspecified atom stereocenters. The van der Waals surface area contributed by atoms with Crippen molar-refractivity contribution in [2.45, 2.75) is 0 Å². The van der Waals surface area contributed by atoms with Crippen LogP contribution in [0.4, 0.5) is 0 Å². The smallest absolute Gasteiger partial charge is 0.212 e. The maximum absolute atomic E-state index is 12.8. The lowest BCUT2D eigenvalue weighted by molar-refractivity contribution is 0.0996. The van der Waals surface area contributed by atoms with Gasteiger partial charge in [0.25, 0.3) is 0 Å². The monoisotopic (exact) mass is 427 g/mol. The molecule has 1 N–H and O–H groups in total. The van der Waals surface area contributed by atoms with Crippen molar-refractivity contribution < 1.29 is 9.59 Å². The van der Waals surface area contributed by atoms with E-state index in [1.807, 2.05) is 30.3 Å². The molecule has 2 heterocycles. The van der Waals surface area contributed by atoms with Gasteiger partial charge in [0.15, 0.2) is 5.82 Å². The number of pyridine rings is 1. The minimum Gasteiger partial charge on any atom is -0.333 e. The summed E-state index contributed by atoms with van der Waals surface area (Å²) in [7, 11) is 0. The van der Waals surface area contributed by atoms with E-state index in [0.717, 1.165) is 3.57 Å². The highest BCUT2D eigenvalue weighted by atomic mass is 127. The molecule has 6 heteroatoms. The number of allylic oxidation sites excluding steroid dienone is 2. The molecular weight excluding hydrogens is 417 g/mol. The van der Waals surface area contributed by atoms with Crippen LogP contribution in [0.15, 0.2) is 54.7 Å². The number of nitrogens with zero attached hydrogens (tertiary/aromatic N) is 2. The fourth-order valence-corrected chi connectivity index (χ4v) is 2.94. The van der Waals surface area contributed by atoms with E-state index in [9.17, 15) is 9.59 Å². The van der Waals surface area contributed by atoms with Crippen LogP contribution in [0.5, 0.6) is 0 Å². The van der Waals surface area contributed by atoms with Crippen molar-refractivity contribution in [3.05, 3.63) is 75.3 Å². The van der Waals surface area contributed by atoms with Gasteiger partial charge in [-0.05, 0) is 58.5 Å². The highest BCUT2D eigenvalue weighted by Gasteiger charge is 2.30. The van der Waals surface area contributed by atoms with E-state index in [1.165, 1.54) is 6.08 Å². The lowest BCUT2D eigenvalue weighted by Crippen LogP contribution is -2.16. The number of carbonyl (C=O) groups is 2. The van der Waals surface area contributed by atoms with Gasteiger partial charge >= 0.3 is 0 Å². The maximum Gasteiger partial charge on any atom is 0.212 e. The van der Waals surface area contributed by atoms with Crippen molar-refractivity contribution in [3.63, 3.8) is 0 Å². The van der Waals surface area contributed by atoms with Crippen LogP contribution in [0.1, 0.15) is 26.5 Å². The molecule has 0 atom stereocenters. The standard InChI is InChI=1S/C18H10IN3O2/c19-11-6-4-10(5-7-11)12-9-14(23)15-16(17(12)24)22-18(21-15)13-3-1-2-8-20-13/h1-9H,(H,21,22). The molecule has 1 aromatic carbocycles. The molecule has 0 saturated carbocycles. The van der Waals surface area contributed by atoms with E-state index >= 15 is 0 Å². The highest BCUT2D eigenvalue weighted by Crippen LogP contribution is 2.28. The topological polar surface area (TPSA) is 75.7 Å². The Balaban J connectivity index is 1.79. The first-order valence-electron chi connectivity index (χ1n) is 7.21. The van der Waals surface area contributed by atoms with E-state index in [4.69, 9.17) is 0 Å². The number of ketones is 2. The number of fused-ring (bicyclic) bond motifs is 1. The molecule has 5 nitrogen and oxygen atoms in total. The summed E-state index contributed by atoms with van der Waals surface area (Å²) in [5.74, 6) is -0.100. The van der Waals surface area contributed by atoms with Crippen LogP contribution in [-0.4, -0.2) is 26.5 Å². The SMILES string of the molecule is O=C1C=C(c2ccc(I)cc2)C(=O)c2[nH]c(-c3ccccn3)nc21. The number of aromatic amines is 1. The minimum atomic E-state index is -0.281. The number of Topliss-reactive ketones (excluding diaryl/α,β-unsaturated/α-hetero) is 1. The second kappa shape index (κ2) is 5.79. The van der Waals surface area contributed by atoms with Crippen molar-refractivity contribution in [1.29, 1.82) is 0 Å². The van der Waals surface area contributed by atoms with Gasteiger partial charge in [0.1, 0.15) is 17.1 Å². The molecule has 0 bridgehead atoms. The van der Waals surface area contributed by atoms with Gasteiger partial charge in [-0.2, -0.15) is 0 Å². The first-order chi connectivity index (χ1) is 11.6. The summed E-state index contributed by atoms with van der Waals surface area (Å²) in [6, 6.07) is 12.8. The Morgan fingerprint density at radius 1 is 1.00 bits per heavy atom. The normalized spacial score (nSPS) is 13.6. The van der Waals surface area contributed by atoms with Crippen LogP contribution >= 0.6 is 22.6 Å². The second-order valence-electron chi connectivity index (χ2n) is 5.28. The van der Waals surface area contributed by atoms with Crippen LogP contribution in [0.2, 0.25) is 0 Å². The number of H-pyrrole nitrogens is 1. The molecule has 24 heavy (non-hydrogen) atoms. The number of rotatable bonds is 2. The Morgan fingerprint density at radius 3 is 2.50 bits per heavy atom. The lowest BCUT2D eigenvalue weighted by Gasteiger charge is -2.11. The summed E-state index contributed by atoms with van der Waals surface area (Å²) in [6.07, 6.45) is 2.99. The van der Waals surface area contributed by atoms with E-state index in [2.05, 4.69) is 37.5 Å². The molecule has 0 radical (unpaired) electrons. The number of hydrogen-bond donors (Lipinski definition) is 1. The lowest BCUT2D eigenvalue weighted by atomic mass is 9.92. The Kier molecular flexibility index (Phi) is 3.61. The molecule has 0 amide bonds. The maximum atomic E-state index is 12.8. The van der Waals surface area contributed by atoms with E-state index in [0.29, 0.717) is 22.7 Å². The fourth-order valence-electron chi connectivity index (χ4n) is 2.58. The number of hydrogen-bond acceptors (Lipinski definition) is 4. The number of carbonyl (C=O) groups excluding carboxylic acids is 2. The van der Waals surface area contributed by atoms with Gasteiger partial charge in [-0.25, -0.2) is 4.98 Å². The van der Waals surface area contributed by atoms with E-state index in [-0.39, 0.29) is 23.0 Å². The first kappa shape index (κ1) is 14.9. The van der Waals surface area contributed by atoms with Crippen molar-refractivity contribution in [2.24, 2.45) is 0 Å². The first-order valence-corrected chi connectivity index (χ1v) is 8.29. The van der Waals surface area contributed by atoms with Gasteiger partial charge in [0, 0.05) is 15.3 Å². The Labute approximate surface area is 151 Å². The molecule has 4 rings (SSSR count). The average molecular weight is 427 g/mol. The second-order valence-corrected chi connectivity index (χ2v) is 6.53. The van der Waals surface area contributed by atoms with Crippen LogP contribution in [0, 0.1) is 3.57 Å². The molecule has 3 aromatic rings. The van der Waals surface area contributed by atoms with Crippen LogP contribution in [0.25, 0.3) is 17.1 Å². The van der Waals surface area contributed by atoms with Crippen LogP contribution < -0.4 is 0 Å². The van der Waals surface area contributed by atoms with Crippen molar-refractivity contribution in [3.8, 4) is 11.5 Å². The largest absolute Gasteiger partial charge is 0.333 e. The van der Waals surface area contributed by atoms with Crippen molar-refractivity contribution in [1.82, 2.24) is 15.0 Å². The fraction of sp³-hybridized carbons (Fsp3) is 0. The quantitative estimate of drug-likeness (QED) is 0.635. The summed E-state index contributed by atoms with van der Waals surface area (Å²) in [4.78, 5) is 36.6. The molecular formula is C18H10IN3O2. The third kappa shape index (κ3) is 2.48. The summed E-state index contributed by atoms with van der Waals surface area (Å²) in [5, 5.41) is 0. The van der Waals surface area contributed by atoms with E-state index in [1.54, 1.807) is 18.3 Å². The number of benzene rings is 1. The predicted molar refractivity (Wildman–Crippen MR) is 97.6 cm³/mol. The zero-order chi connectivity index (χ0) is 16.7. The van der Waals surface area contributed by atoms with Gasteiger partial charge in [0.2, 0.25) is 11.6 Å². The van der Waals surface area contributed by atoms with Crippen LogP contribution in [-0.2, 0) is 0 Å². The number of halogens is 1. The summed E-state index contributed by atoms with van der Waals surface area (Å²) in [5.41, 5.74) is 2.04. The third-order valence-electron chi connectivity index (χ3n) is 3.75. The zero-order valence-corrected chi connectivity index (χ0v) is 14.4. The molecule has 0 fully saturated rings. The zero-order valence-electron chi connectivity index (χ0n) is 12.3. The third-order valence-corrected chi connectivity index (χ3v) is 4.47. The molecule has 0 aliphatic heterocycles. The Bertz CT molecular complexity index is 989. The van der Waals surface area contributed by atoms with Gasteiger partial charge < -0.3 is 4.98 Å². The van der Waals surface area contributed by atoms with Gasteiger partial charge in [-0.1, -0.05) is 18.2 Å². The molecule has 2 aromatic heterocycles. The van der Waals surface area contributed by atoms with Crippen molar-refractivity contribution in [2.75, 3.05) is 0 Å². The Hall–Kier alpha value is -2.61. The highest BCUT2D eigenvalue weighted by molar-refractivity contribution is 14.1. The molecule has 1 aliphatic rings.